The summed E-state index contributed by atoms with van der Waals surface area (Å²) in [5.41, 5.74) is 1.92. The van der Waals surface area contributed by atoms with Crippen LogP contribution in [0.3, 0.4) is 0 Å². The number of amides is 1. The van der Waals surface area contributed by atoms with Crippen molar-refractivity contribution in [1.29, 1.82) is 0 Å². The van der Waals surface area contributed by atoms with E-state index in [0.29, 0.717) is 19.2 Å². The summed E-state index contributed by atoms with van der Waals surface area (Å²) in [7, 11) is 0. The van der Waals surface area contributed by atoms with Gasteiger partial charge in [-0.25, -0.2) is 4.79 Å². The average Bonchev–Trinajstić information content (AvgIpc) is 3.17. The Morgan fingerprint density at radius 2 is 2.09 bits per heavy atom. The SMILES string of the molecule is C[C@@H](CCc1ccco1)Nc1ccc(N2CCOC2=O)cc1. The average molecular weight is 300 g/mol. The molecule has 0 saturated carbocycles. The van der Waals surface area contributed by atoms with Gasteiger partial charge in [0.15, 0.2) is 0 Å². The maximum absolute atomic E-state index is 11.5. The number of rotatable bonds is 6. The second-order valence-electron chi connectivity index (χ2n) is 5.48. The number of furan rings is 1. The Kier molecular flexibility index (Phi) is 4.32. The van der Waals surface area contributed by atoms with E-state index >= 15 is 0 Å². The monoisotopic (exact) mass is 300 g/mol. The fraction of sp³-hybridized carbons (Fsp3) is 0.353. The molecule has 1 amide bonds. The summed E-state index contributed by atoms with van der Waals surface area (Å²) < 4.78 is 10.3. The van der Waals surface area contributed by atoms with Crippen LogP contribution in [0.5, 0.6) is 0 Å². The van der Waals surface area contributed by atoms with Gasteiger partial charge in [0, 0.05) is 23.8 Å². The minimum Gasteiger partial charge on any atom is -0.469 e. The summed E-state index contributed by atoms with van der Waals surface area (Å²) in [5.74, 6) is 1.01. The number of carbonyl (C=O) groups is 1. The maximum atomic E-state index is 11.5. The van der Waals surface area contributed by atoms with Crippen LogP contribution in [-0.2, 0) is 11.2 Å². The van der Waals surface area contributed by atoms with Crippen LogP contribution in [-0.4, -0.2) is 25.3 Å². The zero-order valence-corrected chi connectivity index (χ0v) is 12.6. The maximum Gasteiger partial charge on any atom is 0.414 e. The highest BCUT2D eigenvalue weighted by atomic mass is 16.6. The van der Waals surface area contributed by atoms with Crippen molar-refractivity contribution in [2.75, 3.05) is 23.4 Å². The standard InChI is InChI=1S/C17H20N2O3/c1-13(4-9-16-3-2-11-21-16)18-14-5-7-15(8-6-14)19-10-12-22-17(19)20/h2-3,5-8,11,13,18H,4,9-10,12H2,1H3/t13-/m0/s1. The quantitative estimate of drug-likeness (QED) is 0.884. The molecule has 1 aliphatic rings. The smallest absolute Gasteiger partial charge is 0.414 e. The third-order valence-electron chi connectivity index (χ3n) is 3.76. The number of nitrogens with one attached hydrogen (secondary N) is 1. The van der Waals surface area contributed by atoms with Gasteiger partial charge in [0.2, 0.25) is 0 Å². The van der Waals surface area contributed by atoms with Crippen molar-refractivity contribution in [1.82, 2.24) is 0 Å². The number of aryl methyl sites for hydroxylation is 1. The molecule has 5 heteroatoms. The third-order valence-corrected chi connectivity index (χ3v) is 3.76. The summed E-state index contributed by atoms with van der Waals surface area (Å²) in [5, 5.41) is 3.46. The van der Waals surface area contributed by atoms with E-state index in [0.717, 1.165) is 30.0 Å². The van der Waals surface area contributed by atoms with Crippen LogP contribution < -0.4 is 10.2 Å². The van der Waals surface area contributed by atoms with Crippen LogP contribution >= 0.6 is 0 Å². The van der Waals surface area contributed by atoms with Crippen molar-refractivity contribution in [2.24, 2.45) is 0 Å². The second kappa shape index (κ2) is 6.56. The zero-order valence-electron chi connectivity index (χ0n) is 12.6. The van der Waals surface area contributed by atoms with E-state index in [4.69, 9.17) is 9.15 Å². The molecule has 5 nitrogen and oxygen atoms in total. The normalized spacial score (nSPS) is 15.7. The Hall–Kier alpha value is -2.43. The lowest BCUT2D eigenvalue weighted by molar-refractivity contribution is 0.181. The van der Waals surface area contributed by atoms with Crippen molar-refractivity contribution in [3.8, 4) is 0 Å². The van der Waals surface area contributed by atoms with Crippen LogP contribution in [0.25, 0.3) is 0 Å². The number of anilines is 2. The molecule has 0 radical (unpaired) electrons. The Bertz CT molecular complexity index is 607. The number of benzene rings is 1. The van der Waals surface area contributed by atoms with Gasteiger partial charge in [0.05, 0.1) is 12.8 Å². The fourth-order valence-corrected chi connectivity index (χ4v) is 2.54. The second-order valence-corrected chi connectivity index (χ2v) is 5.48. The van der Waals surface area contributed by atoms with E-state index in [1.807, 2.05) is 36.4 Å². The first-order chi connectivity index (χ1) is 10.7. The molecule has 116 valence electrons. The third kappa shape index (κ3) is 3.42. The molecule has 1 fully saturated rings. The minimum absolute atomic E-state index is 0.271. The molecule has 0 bridgehead atoms. The number of hydrogen-bond donors (Lipinski definition) is 1. The molecule has 2 heterocycles. The molecule has 1 atom stereocenters. The van der Waals surface area contributed by atoms with Crippen LogP contribution in [0.4, 0.5) is 16.2 Å². The van der Waals surface area contributed by atoms with Gasteiger partial charge < -0.3 is 14.5 Å². The van der Waals surface area contributed by atoms with Gasteiger partial charge in [-0.2, -0.15) is 0 Å². The van der Waals surface area contributed by atoms with Gasteiger partial charge in [-0.1, -0.05) is 0 Å². The van der Waals surface area contributed by atoms with Crippen molar-refractivity contribution >= 4 is 17.5 Å². The molecule has 1 aromatic carbocycles. The van der Waals surface area contributed by atoms with Gasteiger partial charge in [-0.15, -0.1) is 0 Å². The predicted molar refractivity (Wildman–Crippen MR) is 85.2 cm³/mol. The van der Waals surface area contributed by atoms with E-state index in [9.17, 15) is 4.79 Å². The van der Waals surface area contributed by atoms with E-state index in [1.54, 1.807) is 11.2 Å². The first-order valence-electron chi connectivity index (χ1n) is 7.55. The van der Waals surface area contributed by atoms with Crippen LogP contribution in [0.2, 0.25) is 0 Å². The molecule has 1 N–H and O–H groups in total. The molecule has 1 saturated heterocycles. The first-order valence-corrected chi connectivity index (χ1v) is 7.55. The molecule has 1 aromatic heterocycles. The summed E-state index contributed by atoms with van der Waals surface area (Å²) in [4.78, 5) is 13.2. The van der Waals surface area contributed by atoms with E-state index in [-0.39, 0.29) is 6.09 Å². The number of hydrogen-bond acceptors (Lipinski definition) is 4. The van der Waals surface area contributed by atoms with Crippen LogP contribution in [0, 0.1) is 0 Å². The van der Waals surface area contributed by atoms with E-state index < -0.39 is 0 Å². The lowest BCUT2D eigenvalue weighted by Crippen LogP contribution is -2.23. The lowest BCUT2D eigenvalue weighted by atomic mass is 10.1. The zero-order chi connectivity index (χ0) is 15.4. The van der Waals surface area contributed by atoms with Gasteiger partial charge in [0.1, 0.15) is 12.4 Å². The van der Waals surface area contributed by atoms with Crippen molar-refractivity contribution in [2.45, 2.75) is 25.8 Å². The molecule has 1 aliphatic heterocycles. The summed E-state index contributed by atoms with van der Waals surface area (Å²) in [6.07, 6.45) is 3.34. The van der Waals surface area contributed by atoms with E-state index in [1.165, 1.54) is 0 Å². The lowest BCUT2D eigenvalue weighted by Gasteiger charge is -2.17. The Balaban J connectivity index is 1.53. The summed E-state index contributed by atoms with van der Waals surface area (Å²) in [6, 6.07) is 12.1. The van der Waals surface area contributed by atoms with Gasteiger partial charge in [-0.3, -0.25) is 4.90 Å². The largest absolute Gasteiger partial charge is 0.469 e. The Morgan fingerprint density at radius 1 is 1.27 bits per heavy atom. The summed E-state index contributed by atoms with van der Waals surface area (Å²) in [6.45, 7) is 3.22. The predicted octanol–water partition coefficient (Wildman–Crippen LogP) is 3.67. The number of nitrogens with zero attached hydrogens (tertiary/aromatic N) is 1. The van der Waals surface area contributed by atoms with Crippen molar-refractivity contribution < 1.29 is 13.9 Å². The number of ether oxygens (including phenoxy) is 1. The number of cyclic esters (lactones) is 1. The van der Waals surface area contributed by atoms with Crippen LogP contribution in [0.15, 0.2) is 47.1 Å². The van der Waals surface area contributed by atoms with Gasteiger partial charge in [-0.05, 0) is 49.7 Å². The van der Waals surface area contributed by atoms with Gasteiger partial charge >= 0.3 is 6.09 Å². The molecule has 22 heavy (non-hydrogen) atoms. The van der Waals surface area contributed by atoms with E-state index in [2.05, 4.69) is 12.2 Å². The van der Waals surface area contributed by atoms with Crippen molar-refractivity contribution in [3.05, 3.63) is 48.4 Å². The molecular formula is C17H20N2O3. The van der Waals surface area contributed by atoms with Crippen LogP contribution in [0.1, 0.15) is 19.1 Å². The minimum atomic E-state index is -0.271. The molecular weight excluding hydrogens is 280 g/mol. The fourth-order valence-electron chi connectivity index (χ4n) is 2.54. The van der Waals surface area contributed by atoms with Crippen molar-refractivity contribution in [3.63, 3.8) is 0 Å². The molecule has 2 aromatic rings. The van der Waals surface area contributed by atoms with Gasteiger partial charge in [0.25, 0.3) is 0 Å². The molecule has 0 aliphatic carbocycles. The highest BCUT2D eigenvalue weighted by molar-refractivity contribution is 5.89. The molecule has 3 rings (SSSR count). The highest BCUT2D eigenvalue weighted by Crippen LogP contribution is 2.21. The molecule has 0 spiro atoms. The highest BCUT2D eigenvalue weighted by Gasteiger charge is 2.23. The Morgan fingerprint density at radius 3 is 2.73 bits per heavy atom. The first kappa shape index (κ1) is 14.5. The Labute approximate surface area is 129 Å². The molecule has 0 unspecified atom stereocenters. The summed E-state index contributed by atoms with van der Waals surface area (Å²) >= 11 is 0. The number of carbonyl (C=O) groups excluding carboxylic acids is 1. The topological polar surface area (TPSA) is 54.7 Å².